The molecule has 2 aliphatic rings. The minimum absolute atomic E-state index is 0.936. The van der Waals surface area contributed by atoms with Crippen LogP contribution in [0, 0.1) is 0 Å². The molecule has 0 aliphatic heterocycles. The number of aromatic nitrogens is 1. The molecular weight excluding hydrogens is 434 g/mol. The van der Waals surface area contributed by atoms with E-state index in [-0.39, 0.29) is 0 Å². The van der Waals surface area contributed by atoms with Crippen LogP contribution in [-0.2, 0) is 6.42 Å². The molecule has 0 saturated heterocycles. The Morgan fingerprint density at radius 2 is 1.42 bits per heavy atom. The SMILES string of the molecule is C=Cc1cc(/C=C2/Cc3ccccc3-c3ccccc32)cc(-n2c3c(c4ccccc42)=CCCC=3)c1. The maximum absolute atomic E-state index is 4.11. The Hall–Kier alpha value is -4.36. The van der Waals surface area contributed by atoms with Crippen molar-refractivity contribution in [2.45, 2.75) is 19.3 Å². The molecule has 1 heteroatoms. The summed E-state index contributed by atoms with van der Waals surface area (Å²) < 4.78 is 2.43. The summed E-state index contributed by atoms with van der Waals surface area (Å²) in [5.41, 5.74) is 11.5. The summed E-state index contributed by atoms with van der Waals surface area (Å²) in [6, 6.07) is 33.2. The molecule has 0 saturated carbocycles. The van der Waals surface area contributed by atoms with E-state index < -0.39 is 0 Å². The molecule has 0 bridgehead atoms. The summed E-state index contributed by atoms with van der Waals surface area (Å²) in [4.78, 5) is 0. The molecule has 1 heterocycles. The lowest BCUT2D eigenvalue weighted by Gasteiger charge is -2.22. The quantitative estimate of drug-likeness (QED) is 0.264. The molecule has 36 heavy (non-hydrogen) atoms. The lowest BCUT2D eigenvalue weighted by atomic mass is 9.81. The predicted octanol–water partition coefficient (Wildman–Crippen LogP) is 7.39. The molecule has 1 aromatic heterocycles. The zero-order valence-corrected chi connectivity index (χ0v) is 20.2. The lowest BCUT2D eigenvalue weighted by molar-refractivity contribution is 1.02. The molecule has 172 valence electrons. The number of benzene rings is 4. The number of para-hydroxylation sites is 1. The number of fused-ring (bicyclic) bond motifs is 6. The highest BCUT2D eigenvalue weighted by Crippen LogP contribution is 2.40. The van der Waals surface area contributed by atoms with Crippen LogP contribution in [-0.4, -0.2) is 4.57 Å². The zero-order valence-electron chi connectivity index (χ0n) is 20.2. The number of allylic oxidation sites excluding steroid dienone is 1. The topological polar surface area (TPSA) is 4.93 Å². The smallest absolute Gasteiger partial charge is 0.0540 e. The van der Waals surface area contributed by atoms with Crippen LogP contribution in [0.3, 0.4) is 0 Å². The van der Waals surface area contributed by atoms with Crippen LogP contribution in [0.15, 0.2) is 97.6 Å². The first-order valence-electron chi connectivity index (χ1n) is 12.8. The summed E-state index contributed by atoms with van der Waals surface area (Å²) >= 11 is 0. The van der Waals surface area contributed by atoms with Crippen LogP contribution in [0.2, 0.25) is 0 Å². The van der Waals surface area contributed by atoms with E-state index in [1.807, 2.05) is 6.08 Å². The Labute approximate surface area is 211 Å². The van der Waals surface area contributed by atoms with Crippen molar-refractivity contribution in [1.82, 2.24) is 4.57 Å². The van der Waals surface area contributed by atoms with Gasteiger partial charge in [-0.25, -0.2) is 0 Å². The number of hydrogen-bond donors (Lipinski definition) is 0. The van der Waals surface area contributed by atoms with Gasteiger partial charge < -0.3 is 4.57 Å². The van der Waals surface area contributed by atoms with Gasteiger partial charge in [0.15, 0.2) is 0 Å². The Bertz CT molecular complexity index is 1830. The molecule has 7 rings (SSSR count). The van der Waals surface area contributed by atoms with Gasteiger partial charge in [-0.2, -0.15) is 0 Å². The Morgan fingerprint density at radius 3 is 2.31 bits per heavy atom. The minimum atomic E-state index is 0.936. The molecule has 1 nitrogen and oxygen atoms in total. The molecule has 0 radical (unpaired) electrons. The van der Waals surface area contributed by atoms with Gasteiger partial charge in [-0.3, -0.25) is 0 Å². The van der Waals surface area contributed by atoms with Gasteiger partial charge in [-0.15, -0.1) is 0 Å². The molecule has 0 spiro atoms. The zero-order chi connectivity index (χ0) is 24.1. The van der Waals surface area contributed by atoms with Crippen LogP contribution in [0.5, 0.6) is 0 Å². The van der Waals surface area contributed by atoms with Crippen LogP contribution in [0.25, 0.3) is 57.6 Å². The van der Waals surface area contributed by atoms with Gasteiger partial charge in [-0.1, -0.05) is 97.6 Å². The van der Waals surface area contributed by atoms with E-state index in [0.717, 1.165) is 24.8 Å². The summed E-state index contributed by atoms with van der Waals surface area (Å²) in [5, 5.41) is 3.99. The van der Waals surface area contributed by atoms with Gasteiger partial charge in [0.05, 0.1) is 5.52 Å². The molecule has 5 aromatic rings. The maximum Gasteiger partial charge on any atom is 0.0540 e. The lowest BCUT2D eigenvalue weighted by Crippen LogP contribution is -2.30. The van der Waals surface area contributed by atoms with Crippen molar-refractivity contribution in [2.75, 3.05) is 0 Å². The third-order valence-corrected chi connectivity index (χ3v) is 7.56. The van der Waals surface area contributed by atoms with Crippen molar-refractivity contribution < 1.29 is 0 Å². The molecule has 0 fully saturated rings. The van der Waals surface area contributed by atoms with Crippen molar-refractivity contribution >= 4 is 40.8 Å². The standard InChI is InChI=1S/C35H27N/c1-2-24-19-25(20-27-23-26-11-3-4-12-29(26)31-14-6-5-13-30(27)31)22-28(21-24)36-34-17-9-7-15-32(34)33-16-8-10-18-35(33)36/h2-7,9,11-22H,1,8,10,23H2/b27-20-. The number of hydrogen-bond acceptors (Lipinski definition) is 0. The highest BCUT2D eigenvalue weighted by molar-refractivity contribution is 5.95. The summed E-state index contributed by atoms with van der Waals surface area (Å²) in [6.07, 6.45) is 12.2. The fourth-order valence-corrected chi connectivity index (χ4v) is 5.98. The summed E-state index contributed by atoms with van der Waals surface area (Å²) in [5.74, 6) is 0. The monoisotopic (exact) mass is 461 g/mol. The molecule has 0 N–H and O–H groups in total. The van der Waals surface area contributed by atoms with E-state index in [9.17, 15) is 0 Å². The number of nitrogens with zero attached hydrogens (tertiary/aromatic N) is 1. The first kappa shape index (κ1) is 21.0. The van der Waals surface area contributed by atoms with Crippen molar-refractivity contribution in [3.05, 3.63) is 130 Å². The summed E-state index contributed by atoms with van der Waals surface area (Å²) in [6.45, 7) is 4.11. The Balaban J connectivity index is 1.45. The van der Waals surface area contributed by atoms with Crippen molar-refractivity contribution in [2.24, 2.45) is 0 Å². The maximum atomic E-state index is 4.11. The van der Waals surface area contributed by atoms with Gasteiger partial charge in [0.25, 0.3) is 0 Å². The van der Waals surface area contributed by atoms with Crippen molar-refractivity contribution in [1.29, 1.82) is 0 Å². The van der Waals surface area contributed by atoms with E-state index in [1.165, 1.54) is 60.5 Å². The second-order valence-corrected chi connectivity index (χ2v) is 9.75. The van der Waals surface area contributed by atoms with E-state index in [4.69, 9.17) is 0 Å². The molecule has 2 aliphatic carbocycles. The highest BCUT2D eigenvalue weighted by atomic mass is 15.0. The first-order valence-corrected chi connectivity index (χ1v) is 12.8. The molecule has 0 unspecified atom stereocenters. The van der Waals surface area contributed by atoms with Gasteiger partial charge in [0, 0.05) is 21.6 Å². The molecule has 0 amide bonds. The average molecular weight is 462 g/mol. The van der Waals surface area contributed by atoms with Crippen LogP contribution < -0.4 is 10.6 Å². The molecular formula is C35H27N. The van der Waals surface area contributed by atoms with E-state index >= 15 is 0 Å². The third-order valence-electron chi connectivity index (χ3n) is 7.56. The second kappa shape index (κ2) is 8.39. The van der Waals surface area contributed by atoms with Crippen LogP contribution in [0.1, 0.15) is 35.1 Å². The third kappa shape index (κ3) is 3.31. The van der Waals surface area contributed by atoms with E-state index in [1.54, 1.807) is 0 Å². The Kier molecular flexibility index (Phi) is 4.89. The van der Waals surface area contributed by atoms with E-state index in [0.29, 0.717) is 0 Å². The predicted molar refractivity (Wildman–Crippen MR) is 154 cm³/mol. The van der Waals surface area contributed by atoms with Crippen LogP contribution in [0.4, 0.5) is 0 Å². The van der Waals surface area contributed by atoms with Gasteiger partial charge >= 0.3 is 0 Å². The molecule has 4 aromatic carbocycles. The van der Waals surface area contributed by atoms with Crippen molar-refractivity contribution in [3.8, 4) is 16.8 Å². The molecule has 0 atom stereocenters. The summed E-state index contributed by atoms with van der Waals surface area (Å²) in [7, 11) is 0. The second-order valence-electron chi connectivity index (χ2n) is 9.75. The minimum Gasteiger partial charge on any atom is -0.310 e. The first-order chi connectivity index (χ1) is 17.8. The fraction of sp³-hybridized carbons (Fsp3) is 0.0857. The van der Waals surface area contributed by atoms with Gasteiger partial charge in [0.2, 0.25) is 0 Å². The highest BCUT2D eigenvalue weighted by Gasteiger charge is 2.19. The Morgan fingerprint density at radius 1 is 0.694 bits per heavy atom. The van der Waals surface area contributed by atoms with Crippen molar-refractivity contribution in [3.63, 3.8) is 0 Å². The van der Waals surface area contributed by atoms with Gasteiger partial charge in [0.1, 0.15) is 0 Å². The largest absolute Gasteiger partial charge is 0.310 e. The number of rotatable bonds is 3. The van der Waals surface area contributed by atoms with E-state index in [2.05, 4.69) is 120 Å². The van der Waals surface area contributed by atoms with Crippen LogP contribution >= 0.6 is 0 Å². The fourth-order valence-electron chi connectivity index (χ4n) is 5.98. The normalized spacial score (nSPS) is 14.9. The van der Waals surface area contributed by atoms with Gasteiger partial charge in [-0.05, 0) is 82.5 Å². The average Bonchev–Trinajstić information content (AvgIpc) is 3.27.